The third-order valence-electron chi connectivity index (χ3n) is 3.23. The molecule has 3 N–H and O–H groups in total. The quantitative estimate of drug-likeness (QED) is 0.714. The molecule has 1 atom stereocenters. The molecular weight excluding hydrogens is 307 g/mol. The topological polar surface area (TPSA) is 78.4 Å². The molecule has 0 aliphatic heterocycles. The van der Waals surface area contributed by atoms with E-state index < -0.39 is 15.8 Å². The normalized spacial score (nSPS) is 12.9. The Morgan fingerprint density at radius 2 is 1.86 bits per heavy atom. The first-order valence-electron chi connectivity index (χ1n) is 6.74. The van der Waals surface area contributed by atoms with E-state index in [0.29, 0.717) is 12.0 Å². The van der Waals surface area contributed by atoms with Gasteiger partial charge in [0.05, 0.1) is 10.9 Å². The Labute approximate surface area is 128 Å². The molecular formula is C15H17FN2O3S. The maximum Gasteiger partial charge on any atom is 0.261 e. The number of nitrogens with one attached hydrogen (secondary N) is 2. The first-order valence-corrected chi connectivity index (χ1v) is 8.22. The second-order valence-electron chi connectivity index (χ2n) is 4.77. The third kappa shape index (κ3) is 3.82. The molecule has 0 bridgehead atoms. The number of hydroxylamine groups is 1. The van der Waals surface area contributed by atoms with Crippen LogP contribution in [0.4, 0.5) is 10.1 Å². The van der Waals surface area contributed by atoms with Crippen LogP contribution in [0.25, 0.3) is 0 Å². The lowest BCUT2D eigenvalue weighted by atomic mass is 10.1. The summed E-state index contributed by atoms with van der Waals surface area (Å²) in [6.45, 7) is 1.87. The molecule has 1 unspecified atom stereocenters. The van der Waals surface area contributed by atoms with Crippen LogP contribution in [0, 0.1) is 5.82 Å². The zero-order chi connectivity index (χ0) is 16.2. The maximum atomic E-state index is 12.9. The number of hydrogen-bond acceptors (Lipinski definition) is 4. The van der Waals surface area contributed by atoms with Gasteiger partial charge in [-0.05, 0) is 48.4 Å². The summed E-state index contributed by atoms with van der Waals surface area (Å²) in [5, 5.41) is 9.08. The predicted molar refractivity (Wildman–Crippen MR) is 81.6 cm³/mol. The molecule has 0 saturated carbocycles. The summed E-state index contributed by atoms with van der Waals surface area (Å²) in [6.07, 6.45) is 0.603. The highest BCUT2D eigenvalue weighted by Crippen LogP contribution is 2.22. The van der Waals surface area contributed by atoms with Gasteiger partial charge in [-0.3, -0.25) is 4.72 Å². The number of sulfonamides is 1. The van der Waals surface area contributed by atoms with Gasteiger partial charge in [-0.1, -0.05) is 19.1 Å². The van der Waals surface area contributed by atoms with Crippen LogP contribution in [0.1, 0.15) is 24.9 Å². The van der Waals surface area contributed by atoms with E-state index in [4.69, 9.17) is 5.21 Å². The summed E-state index contributed by atoms with van der Waals surface area (Å²) in [7, 11) is -3.78. The fourth-order valence-electron chi connectivity index (χ4n) is 2.03. The van der Waals surface area contributed by atoms with E-state index in [1.165, 1.54) is 36.4 Å². The highest BCUT2D eigenvalue weighted by Gasteiger charge is 2.17. The van der Waals surface area contributed by atoms with E-state index >= 15 is 0 Å². The summed E-state index contributed by atoms with van der Waals surface area (Å²) in [5.74, 6) is -0.440. The number of benzene rings is 2. The van der Waals surface area contributed by atoms with Crippen molar-refractivity contribution in [1.29, 1.82) is 0 Å². The molecule has 2 aromatic rings. The Hall–Kier alpha value is -1.96. The van der Waals surface area contributed by atoms with Crippen LogP contribution < -0.4 is 10.2 Å². The van der Waals surface area contributed by atoms with Gasteiger partial charge in [0.1, 0.15) is 5.82 Å². The molecule has 7 heteroatoms. The Kier molecular flexibility index (Phi) is 5.12. The Morgan fingerprint density at radius 3 is 2.45 bits per heavy atom. The molecule has 2 rings (SSSR count). The van der Waals surface area contributed by atoms with Gasteiger partial charge in [0.2, 0.25) is 0 Å². The lowest BCUT2D eigenvalue weighted by Gasteiger charge is -2.14. The van der Waals surface area contributed by atoms with Crippen molar-refractivity contribution in [2.24, 2.45) is 0 Å². The fourth-order valence-corrected chi connectivity index (χ4v) is 3.15. The van der Waals surface area contributed by atoms with E-state index in [1.807, 2.05) is 6.92 Å². The second kappa shape index (κ2) is 6.87. The van der Waals surface area contributed by atoms with Gasteiger partial charge in [0, 0.05) is 5.69 Å². The lowest BCUT2D eigenvalue weighted by Crippen LogP contribution is -2.17. The largest absolute Gasteiger partial charge is 0.316 e. The summed E-state index contributed by atoms with van der Waals surface area (Å²) in [6, 6.07) is 11.0. The molecule has 118 valence electrons. The van der Waals surface area contributed by atoms with Gasteiger partial charge < -0.3 is 5.21 Å². The molecule has 0 spiro atoms. The minimum atomic E-state index is -3.78. The Balaban J connectivity index is 2.29. The first-order chi connectivity index (χ1) is 10.5. The van der Waals surface area contributed by atoms with Crippen LogP contribution in [0.2, 0.25) is 0 Å². The van der Waals surface area contributed by atoms with Crippen molar-refractivity contribution in [3.63, 3.8) is 0 Å². The third-order valence-corrected chi connectivity index (χ3v) is 4.61. The summed E-state index contributed by atoms with van der Waals surface area (Å²) >= 11 is 0. The number of hydrogen-bond donors (Lipinski definition) is 3. The summed E-state index contributed by atoms with van der Waals surface area (Å²) in [4.78, 5) is 0.0722. The maximum absolute atomic E-state index is 12.9. The number of rotatable bonds is 6. The van der Waals surface area contributed by atoms with Crippen LogP contribution in [0.5, 0.6) is 0 Å². The van der Waals surface area contributed by atoms with E-state index in [-0.39, 0.29) is 16.6 Å². The standard InChI is InChI=1S/C15H17FN2O3S/c1-2-15(17-19)11-4-3-5-14(10-11)22(20,21)18-13-8-6-12(16)7-9-13/h3-10,15,17-19H,2H2,1H3. The van der Waals surface area contributed by atoms with Crippen molar-refractivity contribution in [2.45, 2.75) is 24.3 Å². The van der Waals surface area contributed by atoms with Crippen LogP contribution in [-0.2, 0) is 10.0 Å². The van der Waals surface area contributed by atoms with E-state index in [2.05, 4.69) is 10.2 Å². The van der Waals surface area contributed by atoms with Crippen LogP contribution in [0.3, 0.4) is 0 Å². The second-order valence-corrected chi connectivity index (χ2v) is 6.46. The number of halogens is 1. The highest BCUT2D eigenvalue weighted by atomic mass is 32.2. The molecule has 0 radical (unpaired) electrons. The molecule has 0 fully saturated rings. The van der Waals surface area contributed by atoms with Crippen molar-refractivity contribution in [2.75, 3.05) is 4.72 Å². The molecule has 0 heterocycles. The van der Waals surface area contributed by atoms with Crippen molar-refractivity contribution in [3.8, 4) is 0 Å². The smallest absolute Gasteiger partial charge is 0.261 e. The number of anilines is 1. The van der Waals surface area contributed by atoms with Crippen molar-refractivity contribution < 1.29 is 18.0 Å². The molecule has 0 saturated heterocycles. The minimum Gasteiger partial charge on any atom is -0.316 e. The molecule has 0 aliphatic rings. The van der Waals surface area contributed by atoms with Crippen molar-refractivity contribution in [1.82, 2.24) is 5.48 Å². The van der Waals surface area contributed by atoms with Gasteiger partial charge in [0.15, 0.2) is 0 Å². The Bertz CT molecular complexity index is 729. The van der Waals surface area contributed by atoms with Gasteiger partial charge in [-0.25, -0.2) is 12.8 Å². The van der Waals surface area contributed by atoms with Gasteiger partial charge in [-0.2, -0.15) is 5.48 Å². The predicted octanol–water partition coefficient (Wildman–Crippen LogP) is 3.06. The molecule has 5 nitrogen and oxygen atoms in total. The first kappa shape index (κ1) is 16.4. The Morgan fingerprint density at radius 1 is 1.18 bits per heavy atom. The molecule has 22 heavy (non-hydrogen) atoms. The summed E-state index contributed by atoms with van der Waals surface area (Å²) in [5.41, 5.74) is 3.08. The lowest BCUT2D eigenvalue weighted by molar-refractivity contribution is 0.124. The van der Waals surface area contributed by atoms with Crippen LogP contribution >= 0.6 is 0 Å². The van der Waals surface area contributed by atoms with E-state index in [9.17, 15) is 12.8 Å². The zero-order valence-electron chi connectivity index (χ0n) is 12.0. The monoisotopic (exact) mass is 324 g/mol. The van der Waals surface area contributed by atoms with Crippen molar-refractivity contribution >= 4 is 15.7 Å². The molecule has 0 aliphatic carbocycles. The van der Waals surface area contributed by atoms with Crippen LogP contribution in [-0.4, -0.2) is 13.6 Å². The SMILES string of the molecule is CCC(NO)c1cccc(S(=O)(=O)Nc2ccc(F)cc2)c1. The van der Waals surface area contributed by atoms with Gasteiger partial charge >= 0.3 is 0 Å². The molecule has 0 amide bonds. The highest BCUT2D eigenvalue weighted by molar-refractivity contribution is 7.92. The van der Waals surface area contributed by atoms with Gasteiger partial charge in [-0.15, -0.1) is 0 Å². The van der Waals surface area contributed by atoms with Crippen LogP contribution in [0.15, 0.2) is 53.4 Å². The average Bonchev–Trinajstić information content (AvgIpc) is 2.51. The summed E-state index contributed by atoms with van der Waals surface area (Å²) < 4.78 is 39.9. The van der Waals surface area contributed by atoms with Crippen molar-refractivity contribution in [3.05, 3.63) is 59.9 Å². The minimum absolute atomic E-state index is 0.0722. The van der Waals surface area contributed by atoms with E-state index in [1.54, 1.807) is 12.1 Å². The molecule has 2 aromatic carbocycles. The average molecular weight is 324 g/mol. The van der Waals surface area contributed by atoms with E-state index in [0.717, 1.165) is 0 Å². The zero-order valence-corrected chi connectivity index (χ0v) is 12.8. The fraction of sp³-hybridized carbons (Fsp3) is 0.200. The van der Waals surface area contributed by atoms with Gasteiger partial charge in [0.25, 0.3) is 10.0 Å². The molecule has 0 aromatic heterocycles.